The van der Waals surface area contributed by atoms with E-state index in [1.807, 2.05) is 12.1 Å². The molecule has 5 rings (SSSR count). The Morgan fingerprint density at radius 1 is 1.18 bits per heavy atom. The number of nitrogens with one attached hydrogen (secondary N) is 1. The topological polar surface area (TPSA) is 59.5 Å². The summed E-state index contributed by atoms with van der Waals surface area (Å²) in [5.74, 6) is 1.64. The maximum atomic E-state index is 14.6. The second-order valence-electron chi connectivity index (χ2n) is 8.99. The van der Waals surface area contributed by atoms with Gasteiger partial charge in [-0.1, -0.05) is 18.0 Å². The highest BCUT2D eigenvalue weighted by atomic mass is 79.9. The molecule has 9 heteroatoms. The van der Waals surface area contributed by atoms with Crippen LogP contribution in [-0.4, -0.2) is 47.7 Å². The van der Waals surface area contributed by atoms with Gasteiger partial charge in [-0.2, -0.15) is 0 Å². The van der Waals surface area contributed by atoms with Crippen molar-refractivity contribution >= 4 is 49.9 Å². The summed E-state index contributed by atoms with van der Waals surface area (Å²) in [7, 11) is 1.61. The number of hydrogen-bond acceptors (Lipinski definition) is 6. The van der Waals surface area contributed by atoms with E-state index in [1.54, 1.807) is 19.2 Å². The highest BCUT2D eigenvalue weighted by Gasteiger charge is 2.30. The Morgan fingerprint density at radius 2 is 2.06 bits per heavy atom. The SMILES string of the molecule is COc1cc2c(Nc3ccc(Br)c(Cl)c3F)ncnc2cc1OCC1CCC2CCCCN2C1. The van der Waals surface area contributed by atoms with Gasteiger partial charge in [0.2, 0.25) is 0 Å². The van der Waals surface area contributed by atoms with Crippen molar-refractivity contribution in [3.05, 3.63) is 45.9 Å². The summed E-state index contributed by atoms with van der Waals surface area (Å²) in [5.41, 5.74) is 0.900. The molecule has 2 unspecified atom stereocenters. The first-order valence-corrected chi connectivity index (χ1v) is 12.8. The van der Waals surface area contributed by atoms with Crippen molar-refractivity contribution in [1.29, 1.82) is 0 Å². The quantitative estimate of drug-likeness (QED) is 0.351. The zero-order chi connectivity index (χ0) is 23.7. The standard InChI is InChI=1S/C25H27BrClFN4O2/c1-33-21-10-17-20(29-14-30-25(17)31-19-8-7-18(26)23(27)24(19)28)11-22(21)34-13-15-5-6-16-4-2-3-9-32(16)12-15/h7-8,10-11,14-16H,2-6,9,12-13H2,1H3,(H,29,30,31). The Bertz CT molecular complexity index is 1200. The van der Waals surface area contributed by atoms with Crippen LogP contribution < -0.4 is 14.8 Å². The summed E-state index contributed by atoms with van der Waals surface area (Å²) in [6, 6.07) is 7.73. The molecule has 6 nitrogen and oxygen atoms in total. The van der Waals surface area contributed by atoms with Gasteiger partial charge < -0.3 is 14.8 Å². The average Bonchev–Trinajstić information content (AvgIpc) is 2.87. The molecular formula is C25H27BrClFN4O2. The highest BCUT2D eigenvalue weighted by molar-refractivity contribution is 9.10. The zero-order valence-corrected chi connectivity index (χ0v) is 21.3. The van der Waals surface area contributed by atoms with Gasteiger partial charge in [0, 0.05) is 34.4 Å². The highest BCUT2D eigenvalue weighted by Crippen LogP contribution is 2.37. The van der Waals surface area contributed by atoms with E-state index in [1.165, 1.54) is 45.0 Å². The summed E-state index contributed by atoms with van der Waals surface area (Å²) >= 11 is 9.27. The minimum Gasteiger partial charge on any atom is -0.493 e. The molecule has 0 saturated carbocycles. The van der Waals surface area contributed by atoms with E-state index in [0.29, 0.717) is 45.2 Å². The fourth-order valence-electron chi connectivity index (χ4n) is 5.01. The van der Waals surface area contributed by atoms with Crippen LogP contribution in [0.25, 0.3) is 10.9 Å². The number of fused-ring (bicyclic) bond motifs is 2. The van der Waals surface area contributed by atoms with E-state index in [0.717, 1.165) is 12.6 Å². The van der Waals surface area contributed by atoms with Crippen molar-refractivity contribution in [2.75, 3.05) is 32.1 Å². The van der Waals surface area contributed by atoms with Gasteiger partial charge in [0.05, 0.1) is 29.9 Å². The van der Waals surface area contributed by atoms with E-state index in [2.05, 4.69) is 36.1 Å². The van der Waals surface area contributed by atoms with Gasteiger partial charge in [-0.3, -0.25) is 4.90 Å². The van der Waals surface area contributed by atoms with Gasteiger partial charge in [-0.05, 0) is 66.4 Å². The molecule has 0 radical (unpaired) electrons. The summed E-state index contributed by atoms with van der Waals surface area (Å²) in [4.78, 5) is 11.3. The molecule has 2 atom stereocenters. The molecule has 2 fully saturated rings. The Morgan fingerprint density at radius 3 is 2.91 bits per heavy atom. The molecule has 2 aliphatic heterocycles. The summed E-state index contributed by atoms with van der Waals surface area (Å²) < 4.78 is 27.0. The Hall–Kier alpha value is -2.16. The first-order valence-electron chi connectivity index (χ1n) is 11.6. The second kappa shape index (κ2) is 10.2. The number of nitrogens with zero attached hydrogens (tertiary/aromatic N) is 3. The van der Waals surface area contributed by atoms with Crippen LogP contribution in [-0.2, 0) is 0 Å². The third-order valence-corrected chi connectivity index (χ3v) is 8.09. The lowest BCUT2D eigenvalue weighted by molar-refractivity contribution is 0.0561. The van der Waals surface area contributed by atoms with Crippen molar-refractivity contribution in [2.45, 2.75) is 38.1 Å². The Kier molecular flexibility index (Phi) is 7.09. The first-order chi connectivity index (χ1) is 16.5. The maximum Gasteiger partial charge on any atom is 0.166 e. The van der Waals surface area contributed by atoms with Crippen LogP contribution in [0.2, 0.25) is 5.02 Å². The predicted octanol–water partition coefficient (Wildman–Crippen LogP) is 6.58. The summed E-state index contributed by atoms with van der Waals surface area (Å²) in [6.07, 6.45) is 7.87. The molecular weight excluding hydrogens is 523 g/mol. The molecule has 0 bridgehead atoms. The van der Waals surface area contributed by atoms with E-state index >= 15 is 0 Å². The molecule has 0 aliphatic carbocycles. The minimum atomic E-state index is -0.557. The third kappa shape index (κ3) is 4.81. The van der Waals surface area contributed by atoms with Crippen LogP contribution in [0.15, 0.2) is 35.1 Å². The number of methoxy groups -OCH3 is 1. The Labute approximate surface area is 211 Å². The second-order valence-corrected chi connectivity index (χ2v) is 10.2. The van der Waals surface area contributed by atoms with Gasteiger partial charge >= 0.3 is 0 Å². The fourth-order valence-corrected chi connectivity index (χ4v) is 5.48. The molecule has 0 spiro atoms. The van der Waals surface area contributed by atoms with Crippen molar-refractivity contribution in [2.24, 2.45) is 5.92 Å². The number of piperidine rings is 2. The normalized spacial score (nSPS) is 20.7. The molecule has 2 aliphatic rings. The number of anilines is 2. The third-order valence-electron chi connectivity index (χ3n) is 6.83. The zero-order valence-electron chi connectivity index (χ0n) is 19.0. The maximum absolute atomic E-state index is 14.6. The lowest BCUT2D eigenvalue weighted by atomic mass is 9.88. The van der Waals surface area contributed by atoms with Crippen LogP contribution in [0.4, 0.5) is 15.9 Å². The van der Waals surface area contributed by atoms with Crippen molar-refractivity contribution < 1.29 is 13.9 Å². The van der Waals surface area contributed by atoms with Crippen LogP contribution in [0.5, 0.6) is 11.5 Å². The largest absolute Gasteiger partial charge is 0.493 e. The predicted molar refractivity (Wildman–Crippen MR) is 136 cm³/mol. The number of halogens is 3. The number of rotatable bonds is 6. The van der Waals surface area contributed by atoms with Gasteiger partial charge in [0.25, 0.3) is 0 Å². The van der Waals surface area contributed by atoms with E-state index < -0.39 is 5.82 Å². The van der Waals surface area contributed by atoms with E-state index in [4.69, 9.17) is 21.1 Å². The monoisotopic (exact) mass is 548 g/mol. The van der Waals surface area contributed by atoms with Gasteiger partial charge in [0.15, 0.2) is 17.3 Å². The number of benzene rings is 2. The molecule has 3 heterocycles. The molecule has 0 amide bonds. The van der Waals surface area contributed by atoms with Crippen LogP contribution >= 0.6 is 27.5 Å². The van der Waals surface area contributed by atoms with Crippen LogP contribution in [0.1, 0.15) is 32.1 Å². The summed E-state index contributed by atoms with van der Waals surface area (Å²) in [5, 5.41) is 3.73. The first kappa shape index (κ1) is 23.6. The van der Waals surface area contributed by atoms with Gasteiger partial charge in [-0.15, -0.1) is 0 Å². The van der Waals surface area contributed by atoms with Gasteiger partial charge in [0.1, 0.15) is 12.1 Å². The number of aromatic nitrogens is 2. The molecule has 180 valence electrons. The summed E-state index contributed by atoms with van der Waals surface area (Å²) in [6.45, 7) is 2.94. The molecule has 34 heavy (non-hydrogen) atoms. The van der Waals surface area contributed by atoms with Crippen molar-refractivity contribution in [3.8, 4) is 11.5 Å². The van der Waals surface area contributed by atoms with Crippen LogP contribution in [0.3, 0.4) is 0 Å². The van der Waals surface area contributed by atoms with Gasteiger partial charge in [-0.25, -0.2) is 14.4 Å². The van der Waals surface area contributed by atoms with E-state index in [9.17, 15) is 4.39 Å². The minimum absolute atomic E-state index is 0.00946. The smallest absolute Gasteiger partial charge is 0.166 e. The molecule has 3 aromatic rings. The number of ether oxygens (including phenoxy) is 2. The molecule has 2 aromatic carbocycles. The van der Waals surface area contributed by atoms with Crippen LogP contribution in [0, 0.1) is 11.7 Å². The molecule has 1 aromatic heterocycles. The molecule has 2 saturated heterocycles. The fraction of sp³-hybridized carbons (Fsp3) is 0.440. The number of hydrogen-bond donors (Lipinski definition) is 1. The van der Waals surface area contributed by atoms with E-state index in [-0.39, 0.29) is 10.7 Å². The van der Waals surface area contributed by atoms with Crippen molar-refractivity contribution in [3.63, 3.8) is 0 Å². The lowest BCUT2D eigenvalue weighted by Gasteiger charge is -2.42. The lowest BCUT2D eigenvalue weighted by Crippen LogP contribution is -2.47. The van der Waals surface area contributed by atoms with Crippen molar-refractivity contribution in [1.82, 2.24) is 14.9 Å². The average molecular weight is 550 g/mol. The molecule has 1 N–H and O–H groups in total. The Balaban J connectivity index is 1.36.